The molecule has 5 nitrogen and oxygen atoms in total. The Morgan fingerprint density at radius 2 is 1.71 bits per heavy atom. The molecule has 92 valence electrons. The van der Waals surface area contributed by atoms with Gasteiger partial charge >= 0.3 is 6.09 Å². The summed E-state index contributed by atoms with van der Waals surface area (Å²) in [4.78, 5) is 13.3. The van der Waals surface area contributed by atoms with Crippen LogP contribution in [-0.2, 0) is 4.74 Å². The summed E-state index contributed by atoms with van der Waals surface area (Å²) < 4.78 is 5.23. The van der Waals surface area contributed by atoms with E-state index < -0.39 is 11.0 Å². The molecule has 0 bridgehead atoms. The number of hydrogen-bond donors (Lipinski definition) is 0. The van der Waals surface area contributed by atoms with Gasteiger partial charge in [-0.2, -0.15) is 10.5 Å². The Morgan fingerprint density at radius 3 is 2.06 bits per heavy atom. The van der Waals surface area contributed by atoms with E-state index in [4.69, 9.17) is 15.3 Å². The van der Waals surface area contributed by atoms with Gasteiger partial charge in [-0.15, -0.1) is 0 Å². The van der Waals surface area contributed by atoms with Gasteiger partial charge in [-0.05, 0) is 33.6 Å². The van der Waals surface area contributed by atoms with Crippen molar-refractivity contribution in [1.82, 2.24) is 4.90 Å². The highest BCUT2D eigenvalue weighted by atomic mass is 16.6. The first-order chi connectivity index (χ1) is 7.82. The molecule has 0 aliphatic carbocycles. The molecule has 0 atom stereocenters. The SMILES string of the molecule is CC(C)(C)OC(=O)N1CCC(C#N)(C#N)CC1. The Kier molecular flexibility index (Phi) is 3.63. The average molecular weight is 235 g/mol. The number of piperidine rings is 1. The summed E-state index contributed by atoms with van der Waals surface area (Å²) in [5, 5.41) is 17.9. The Balaban J connectivity index is 2.57. The molecule has 1 amide bonds. The van der Waals surface area contributed by atoms with Crippen LogP contribution in [0.3, 0.4) is 0 Å². The van der Waals surface area contributed by atoms with Crippen molar-refractivity contribution in [1.29, 1.82) is 10.5 Å². The molecule has 1 rings (SSSR count). The smallest absolute Gasteiger partial charge is 0.410 e. The van der Waals surface area contributed by atoms with Crippen molar-refractivity contribution in [2.45, 2.75) is 39.2 Å². The molecule has 5 heteroatoms. The van der Waals surface area contributed by atoms with Crippen molar-refractivity contribution < 1.29 is 9.53 Å². The molecule has 0 aromatic rings. The Bertz CT molecular complexity index is 360. The second-order valence-corrected chi connectivity index (χ2v) is 5.27. The number of ether oxygens (including phenoxy) is 1. The summed E-state index contributed by atoms with van der Waals surface area (Å²) in [6.45, 7) is 6.23. The molecule has 0 N–H and O–H groups in total. The van der Waals surface area contributed by atoms with Gasteiger partial charge in [-0.1, -0.05) is 0 Å². The Labute approximate surface area is 102 Å². The van der Waals surface area contributed by atoms with Crippen molar-refractivity contribution in [3.05, 3.63) is 0 Å². The van der Waals surface area contributed by atoms with Gasteiger partial charge in [-0.3, -0.25) is 0 Å². The van der Waals surface area contributed by atoms with Crippen molar-refractivity contribution >= 4 is 6.09 Å². The van der Waals surface area contributed by atoms with Gasteiger partial charge in [-0.25, -0.2) is 4.79 Å². The zero-order valence-electron chi connectivity index (χ0n) is 10.5. The first-order valence-electron chi connectivity index (χ1n) is 5.62. The quantitative estimate of drug-likeness (QED) is 0.643. The number of likely N-dealkylation sites (tertiary alicyclic amines) is 1. The van der Waals surface area contributed by atoms with Gasteiger partial charge < -0.3 is 9.64 Å². The number of hydrogen-bond acceptors (Lipinski definition) is 4. The molecule has 1 heterocycles. The van der Waals surface area contributed by atoms with Gasteiger partial charge in [0, 0.05) is 13.1 Å². The first kappa shape index (κ1) is 13.3. The van der Waals surface area contributed by atoms with Gasteiger partial charge in [0.2, 0.25) is 0 Å². The van der Waals surface area contributed by atoms with Crippen molar-refractivity contribution in [2.75, 3.05) is 13.1 Å². The zero-order chi connectivity index (χ0) is 13.1. The van der Waals surface area contributed by atoms with Crippen LogP contribution in [0.4, 0.5) is 4.79 Å². The molecule has 0 radical (unpaired) electrons. The second-order valence-electron chi connectivity index (χ2n) is 5.27. The third-order valence-corrected chi connectivity index (χ3v) is 2.70. The lowest BCUT2D eigenvalue weighted by Crippen LogP contribution is -2.44. The molecule has 0 unspecified atom stereocenters. The van der Waals surface area contributed by atoms with Gasteiger partial charge in [0.05, 0.1) is 12.1 Å². The summed E-state index contributed by atoms with van der Waals surface area (Å²) in [6, 6.07) is 4.07. The summed E-state index contributed by atoms with van der Waals surface area (Å²) in [5.41, 5.74) is -1.45. The van der Waals surface area contributed by atoms with E-state index >= 15 is 0 Å². The second kappa shape index (κ2) is 4.63. The number of amides is 1. The summed E-state index contributed by atoms with van der Waals surface area (Å²) >= 11 is 0. The maximum atomic E-state index is 11.7. The number of nitrogens with zero attached hydrogens (tertiary/aromatic N) is 3. The minimum atomic E-state index is -0.932. The molecule has 0 spiro atoms. The minimum Gasteiger partial charge on any atom is -0.444 e. The Hall–Kier alpha value is -1.75. The van der Waals surface area contributed by atoms with Gasteiger partial charge in [0.1, 0.15) is 11.0 Å². The van der Waals surface area contributed by atoms with E-state index in [0.717, 1.165) is 0 Å². The predicted octanol–water partition coefficient (Wildman–Crippen LogP) is 2.05. The van der Waals surface area contributed by atoms with E-state index in [1.54, 1.807) is 4.90 Å². The van der Waals surface area contributed by atoms with E-state index in [1.165, 1.54) is 0 Å². The van der Waals surface area contributed by atoms with E-state index in [2.05, 4.69) is 0 Å². The lowest BCUT2D eigenvalue weighted by molar-refractivity contribution is 0.0176. The van der Waals surface area contributed by atoms with Crippen LogP contribution in [0.1, 0.15) is 33.6 Å². The molecule has 0 saturated carbocycles. The largest absolute Gasteiger partial charge is 0.444 e. The molecule has 17 heavy (non-hydrogen) atoms. The normalized spacial score (nSPS) is 19.0. The maximum Gasteiger partial charge on any atom is 0.410 e. The molecule has 1 aliphatic heterocycles. The number of carbonyl (C=O) groups is 1. The highest BCUT2D eigenvalue weighted by Crippen LogP contribution is 2.30. The predicted molar refractivity (Wildman–Crippen MR) is 60.7 cm³/mol. The fourth-order valence-corrected chi connectivity index (χ4v) is 1.65. The summed E-state index contributed by atoms with van der Waals surface area (Å²) in [6.07, 6.45) is 0.403. The van der Waals surface area contributed by atoms with Crippen LogP contribution >= 0.6 is 0 Å². The van der Waals surface area contributed by atoms with E-state index in [1.807, 2.05) is 32.9 Å². The summed E-state index contributed by atoms with van der Waals surface area (Å²) in [7, 11) is 0. The maximum absolute atomic E-state index is 11.7. The minimum absolute atomic E-state index is 0.373. The van der Waals surface area contributed by atoms with E-state index in [-0.39, 0.29) is 6.09 Å². The average Bonchev–Trinajstić information content (AvgIpc) is 2.27. The monoisotopic (exact) mass is 235 g/mol. The molecule has 1 aliphatic rings. The third-order valence-electron chi connectivity index (χ3n) is 2.70. The van der Waals surface area contributed by atoms with E-state index in [0.29, 0.717) is 25.9 Å². The van der Waals surface area contributed by atoms with E-state index in [9.17, 15) is 4.79 Å². The van der Waals surface area contributed by atoms with Crippen LogP contribution in [0.15, 0.2) is 0 Å². The molecular weight excluding hydrogens is 218 g/mol. The van der Waals surface area contributed by atoms with Crippen LogP contribution in [-0.4, -0.2) is 29.7 Å². The topological polar surface area (TPSA) is 77.1 Å². The van der Waals surface area contributed by atoms with Crippen LogP contribution in [0.2, 0.25) is 0 Å². The highest BCUT2D eigenvalue weighted by Gasteiger charge is 2.37. The standard InChI is InChI=1S/C12H17N3O2/c1-11(2,3)17-10(16)15-6-4-12(8-13,9-14)5-7-15/h4-7H2,1-3H3. The number of nitriles is 2. The van der Waals surface area contributed by atoms with Crippen molar-refractivity contribution in [3.63, 3.8) is 0 Å². The van der Waals surface area contributed by atoms with Crippen molar-refractivity contribution in [3.8, 4) is 12.1 Å². The molecule has 1 fully saturated rings. The fourth-order valence-electron chi connectivity index (χ4n) is 1.65. The van der Waals surface area contributed by atoms with Crippen LogP contribution < -0.4 is 0 Å². The number of carbonyl (C=O) groups excluding carboxylic acids is 1. The molecule has 0 aromatic carbocycles. The van der Waals surface area contributed by atoms with Crippen LogP contribution in [0.25, 0.3) is 0 Å². The fraction of sp³-hybridized carbons (Fsp3) is 0.750. The van der Waals surface area contributed by atoms with Crippen LogP contribution in [0.5, 0.6) is 0 Å². The molecular formula is C12H17N3O2. The molecule has 1 saturated heterocycles. The summed E-state index contributed by atoms with van der Waals surface area (Å²) in [5.74, 6) is 0. The van der Waals surface area contributed by atoms with Gasteiger partial charge in [0.15, 0.2) is 0 Å². The van der Waals surface area contributed by atoms with Crippen molar-refractivity contribution in [2.24, 2.45) is 5.41 Å². The lowest BCUT2D eigenvalue weighted by Gasteiger charge is -2.34. The molecule has 0 aromatic heterocycles. The number of rotatable bonds is 0. The lowest BCUT2D eigenvalue weighted by atomic mass is 9.81. The van der Waals surface area contributed by atoms with Gasteiger partial charge in [0.25, 0.3) is 0 Å². The third kappa shape index (κ3) is 3.35. The first-order valence-corrected chi connectivity index (χ1v) is 5.62. The van der Waals surface area contributed by atoms with Crippen LogP contribution in [0, 0.1) is 28.1 Å². The zero-order valence-corrected chi connectivity index (χ0v) is 10.5. The Morgan fingerprint density at radius 1 is 1.24 bits per heavy atom. The highest BCUT2D eigenvalue weighted by molar-refractivity contribution is 5.68.